The maximum Gasteiger partial charge on any atom is 0.398 e. The highest BCUT2D eigenvalue weighted by molar-refractivity contribution is 9.10. The molecule has 1 aliphatic heterocycles. The first-order valence-electron chi connectivity index (χ1n) is 3.46. The Bertz CT molecular complexity index is 498. The number of benzene rings is 1. The van der Waals surface area contributed by atoms with Crippen LogP contribution in [0.2, 0.25) is 0 Å². The van der Waals surface area contributed by atoms with Crippen molar-refractivity contribution in [2.24, 2.45) is 0 Å². The fourth-order valence-electron chi connectivity index (χ4n) is 1.18. The van der Waals surface area contributed by atoms with Crippen LogP contribution < -0.4 is 0 Å². The third kappa shape index (κ3) is 1.35. The van der Waals surface area contributed by atoms with E-state index < -0.39 is 26.7 Å². The molecule has 0 fully saturated rings. The summed E-state index contributed by atoms with van der Waals surface area (Å²) in [5.74, 6) is 0. The highest BCUT2D eigenvalue weighted by atomic mass is 79.9. The van der Waals surface area contributed by atoms with Crippen LogP contribution in [0.1, 0.15) is 5.56 Å². The van der Waals surface area contributed by atoms with Crippen LogP contribution in [0.25, 0.3) is 0 Å². The molecule has 0 aliphatic carbocycles. The molecular formula is C7H3BrF2O3S. The van der Waals surface area contributed by atoms with Gasteiger partial charge in [-0.25, -0.2) is 0 Å². The molecule has 0 N–H and O–H groups in total. The predicted octanol–water partition coefficient (Wildman–Crippen LogP) is 2.22. The van der Waals surface area contributed by atoms with Crippen molar-refractivity contribution in [2.45, 2.75) is 11.0 Å². The number of halogens is 3. The van der Waals surface area contributed by atoms with Crippen molar-refractivity contribution in [1.29, 1.82) is 0 Å². The van der Waals surface area contributed by atoms with E-state index in [9.17, 15) is 17.2 Å². The van der Waals surface area contributed by atoms with E-state index in [1.54, 1.807) is 0 Å². The normalized spacial score (nSPS) is 21.9. The summed E-state index contributed by atoms with van der Waals surface area (Å²) in [6.45, 7) is 0. The minimum atomic E-state index is -4.30. The van der Waals surface area contributed by atoms with Gasteiger partial charge in [0.05, 0.1) is 5.56 Å². The van der Waals surface area contributed by atoms with E-state index in [0.29, 0.717) is 4.47 Å². The van der Waals surface area contributed by atoms with Crippen molar-refractivity contribution in [1.82, 2.24) is 0 Å². The third-order valence-corrected chi connectivity index (χ3v) is 3.56. The van der Waals surface area contributed by atoms with Crippen molar-refractivity contribution in [3.63, 3.8) is 0 Å². The lowest BCUT2D eigenvalue weighted by atomic mass is 10.2. The Kier molecular flexibility index (Phi) is 1.96. The number of alkyl halides is 2. The second-order valence-electron chi connectivity index (χ2n) is 2.69. The van der Waals surface area contributed by atoms with Gasteiger partial charge in [-0.05, 0) is 18.2 Å². The summed E-state index contributed by atoms with van der Waals surface area (Å²) in [4.78, 5) is -0.481. The van der Waals surface area contributed by atoms with Gasteiger partial charge in [0, 0.05) is 4.47 Å². The van der Waals surface area contributed by atoms with Gasteiger partial charge in [0.1, 0.15) is 4.90 Å². The zero-order chi connectivity index (χ0) is 10.6. The first kappa shape index (κ1) is 10.0. The Balaban J connectivity index is 2.79. The van der Waals surface area contributed by atoms with Crippen LogP contribution in [-0.2, 0) is 20.4 Å². The molecule has 3 nitrogen and oxygen atoms in total. The van der Waals surface area contributed by atoms with E-state index in [-0.39, 0.29) is 0 Å². The smallest absolute Gasteiger partial charge is 0.194 e. The molecule has 0 bridgehead atoms. The maximum absolute atomic E-state index is 13.0. The van der Waals surface area contributed by atoms with Crippen molar-refractivity contribution in [3.05, 3.63) is 28.2 Å². The molecule has 1 aliphatic rings. The average Bonchev–Trinajstić information content (AvgIpc) is 2.17. The molecule has 0 saturated heterocycles. The first-order chi connectivity index (χ1) is 6.33. The van der Waals surface area contributed by atoms with Gasteiger partial charge >= 0.3 is 16.2 Å². The Labute approximate surface area is 86.9 Å². The second kappa shape index (κ2) is 2.74. The third-order valence-electron chi connectivity index (χ3n) is 1.74. The van der Waals surface area contributed by atoms with Crippen LogP contribution >= 0.6 is 15.9 Å². The van der Waals surface area contributed by atoms with Gasteiger partial charge in [-0.3, -0.25) is 0 Å². The number of hydrogen-bond donors (Lipinski definition) is 0. The lowest BCUT2D eigenvalue weighted by Gasteiger charge is -2.05. The molecule has 7 heteroatoms. The average molecular weight is 285 g/mol. The van der Waals surface area contributed by atoms with E-state index in [0.717, 1.165) is 12.1 Å². The summed E-state index contributed by atoms with van der Waals surface area (Å²) in [6.07, 6.45) is -3.77. The molecule has 0 atom stereocenters. The molecule has 0 radical (unpaired) electrons. The SMILES string of the molecule is O=S1(=O)OC(F)(F)c2cc(Br)ccc21. The first-order valence-corrected chi connectivity index (χ1v) is 5.66. The zero-order valence-corrected chi connectivity index (χ0v) is 8.90. The van der Waals surface area contributed by atoms with E-state index >= 15 is 0 Å². The fourth-order valence-corrected chi connectivity index (χ4v) is 2.67. The van der Waals surface area contributed by atoms with Crippen molar-refractivity contribution in [2.75, 3.05) is 0 Å². The van der Waals surface area contributed by atoms with Crippen LogP contribution in [0.4, 0.5) is 8.78 Å². The van der Waals surface area contributed by atoms with Gasteiger partial charge in [0.25, 0.3) is 0 Å². The van der Waals surface area contributed by atoms with Crippen LogP contribution in [0.5, 0.6) is 0 Å². The molecule has 1 aromatic carbocycles. The Morgan fingerprint density at radius 1 is 1.36 bits per heavy atom. The van der Waals surface area contributed by atoms with Crippen LogP contribution in [0.15, 0.2) is 27.6 Å². The molecule has 1 aromatic rings. The van der Waals surface area contributed by atoms with E-state index in [1.165, 1.54) is 6.07 Å². The largest absolute Gasteiger partial charge is 0.398 e. The maximum atomic E-state index is 13.0. The second-order valence-corrected chi connectivity index (χ2v) is 5.13. The molecule has 0 unspecified atom stereocenters. The highest BCUT2D eigenvalue weighted by Crippen LogP contribution is 2.44. The van der Waals surface area contributed by atoms with Gasteiger partial charge in [-0.1, -0.05) is 15.9 Å². The molecule has 1 heterocycles. The van der Waals surface area contributed by atoms with Crippen molar-refractivity contribution < 1.29 is 21.4 Å². The minimum absolute atomic E-state index is 0.372. The van der Waals surface area contributed by atoms with Crippen LogP contribution in [0.3, 0.4) is 0 Å². The molecule has 0 aromatic heterocycles. The lowest BCUT2D eigenvalue weighted by Crippen LogP contribution is -2.12. The monoisotopic (exact) mass is 284 g/mol. The van der Waals surface area contributed by atoms with E-state index in [1.807, 2.05) is 0 Å². The summed E-state index contributed by atoms with van der Waals surface area (Å²) in [7, 11) is -4.30. The Morgan fingerprint density at radius 3 is 2.64 bits per heavy atom. The molecule has 0 spiro atoms. The quantitative estimate of drug-likeness (QED) is 0.686. The summed E-state index contributed by atoms with van der Waals surface area (Å²) in [5.41, 5.74) is -0.633. The molecule has 2 rings (SSSR count). The molecule has 76 valence electrons. The summed E-state index contributed by atoms with van der Waals surface area (Å²) < 4.78 is 52.2. The topological polar surface area (TPSA) is 43.4 Å². The van der Waals surface area contributed by atoms with Crippen molar-refractivity contribution >= 4 is 26.0 Å². The highest BCUT2D eigenvalue weighted by Gasteiger charge is 2.50. The minimum Gasteiger partial charge on any atom is -0.194 e. The van der Waals surface area contributed by atoms with Gasteiger partial charge < -0.3 is 0 Å². The lowest BCUT2D eigenvalue weighted by molar-refractivity contribution is -0.174. The summed E-state index contributed by atoms with van der Waals surface area (Å²) >= 11 is 2.97. The number of fused-ring (bicyclic) bond motifs is 1. The molecule has 0 amide bonds. The summed E-state index contributed by atoms with van der Waals surface area (Å²) in [5, 5.41) is 0. The van der Waals surface area contributed by atoms with E-state index in [4.69, 9.17) is 0 Å². The van der Waals surface area contributed by atoms with Gasteiger partial charge in [-0.15, -0.1) is 0 Å². The number of rotatable bonds is 0. The molecule has 0 saturated carbocycles. The number of hydrogen-bond acceptors (Lipinski definition) is 3. The van der Waals surface area contributed by atoms with Crippen LogP contribution in [0, 0.1) is 0 Å². The molecular weight excluding hydrogens is 282 g/mol. The Morgan fingerprint density at radius 2 is 2.00 bits per heavy atom. The summed E-state index contributed by atoms with van der Waals surface area (Å²) in [6, 6.07) is 3.47. The standard InChI is InChI=1S/C7H3BrF2O3S/c8-4-1-2-6-5(3-4)7(9,10)13-14(6,11)12/h1-3H. The predicted molar refractivity (Wildman–Crippen MR) is 46.3 cm³/mol. The van der Waals surface area contributed by atoms with Gasteiger partial charge in [-0.2, -0.15) is 21.4 Å². The van der Waals surface area contributed by atoms with Gasteiger partial charge in [0.15, 0.2) is 0 Å². The molecule has 14 heavy (non-hydrogen) atoms. The van der Waals surface area contributed by atoms with Crippen molar-refractivity contribution in [3.8, 4) is 0 Å². The van der Waals surface area contributed by atoms with Crippen LogP contribution in [-0.4, -0.2) is 8.42 Å². The zero-order valence-electron chi connectivity index (χ0n) is 6.50. The van der Waals surface area contributed by atoms with E-state index in [2.05, 4.69) is 20.1 Å². The Hall–Kier alpha value is -0.530. The van der Waals surface area contributed by atoms with Gasteiger partial charge in [0.2, 0.25) is 0 Å². The fraction of sp³-hybridized carbons (Fsp3) is 0.143.